The predicted molar refractivity (Wildman–Crippen MR) is 129 cm³/mol. The topological polar surface area (TPSA) is 55.6 Å². The van der Waals surface area contributed by atoms with Gasteiger partial charge in [-0.25, -0.2) is 0 Å². The molecule has 1 aromatic heterocycles. The first-order chi connectivity index (χ1) is 15.7. The van der Waals surface area contributed by atoms with Crippen molar-refractivity contribution in [2.75, 3.05) is 13.1 Å². The molecule has 3 aliphatic rings. The van der Waals surface area contributed by atoms with Crippen LogP contribution in [0.4, 0.5) is 0 Å². The quantitative estimate of drug-likeness (QED) is 0.456. The first kappa shape index (κ1) is 23.2. The number of nitrogens with zero attached hydrogens (tertiary/aromatic N) is 2. The number of carbonyl (C=O) groups excluding carboxylic acids is 1. The van der Waals surface area contributed by atoms with Gasteiger partial charge in [0, 0.05) is 30.1 Å². The summed E-state index contributed by atoms with van der Waals surface area (Å²) in [5.41, 5.74) is 2.73. The summed E-state index contributed by atoms with van der Waals surface area (Å²) in [5, 5.41) is 5.52. The van der Waals surface area contributed by atoms with Crippen molar-refractivity contribution in [1.29, 1.82) is 0 Å². The molecule has 177 valence electrons. The summed E-state index contributed by atoms with van der Waals surface area (Å²) in [7, 11) is 0. The molecule has 7 heteroatoms. The highest BCUT2D eigenvalue weighted by atomic mass is 35.5. The monoisotopic (exact) mass is 489 g/mol. The fraction of sp³-hybridized carbons (Fsp3) is 0.615. The van der Waals surface area contributed by atoms with Gasteiger partial charge in [0.25, 0.3) is 0 Å². The number of benzene rings is 1. The molecule has 1 radical (unpaired) electrons. The van der Waals surface area contributed by atoms with E-state index in [0.717, 1.165) is 56.5 Å². The Kier molecular flexibility index (Phi) is 6.03. The molecule has 1 amide bonds. The van der Waals surface area contributed by atoms with Crippen LogP contribution >= 0.6 is 23.2 Å². The Bertz CT molecular complexity index is 1010. The van der Waals surface area contributed by atoms with Crippen molar-refractivity contribution in [3.8, 4) is 11.3 Å². The van der Waals surface area contributed by atoms with Crippen LogP contribution in [0.2, 0.25) is 10.0 Å². The predicted octanol–water partition coefficient (Wildman–Crippen LogP) is 6.63. The number of hydrogen-bond donors (Lipinski definition) is 0. The number of halogens is 2. The second-order valence-electron chi connectivity index (χ2n) is 11.1. The van der Waals surface area contributed by atoms with E-state index in [9.17, 15) is 4.79 Å². The van der Waals surface area contributed by atoms with Gasteiger partial charge in [-0.05, 0) is 61.0 Å². The Balaban J connectivity index is 1.38. The number of piperidine rings is 1. The molecule has 2 heterocycles. The Morgan fingerprint density at radius 3 is 2.45 bits per heavy atom. The maximum absolute atomic E-state index is 11.1. The van der Waals surface area contributed by atoms with Gasteiger partial charge in [0.05, 0.1) is 22.8 Å². The average Bonchev–Trinajstić information content (AvgIpc) is 3.51. The molecule has 2 unspecified atom stereocenters. The maximum Gasteiger partial charge on any atom is 0.312 e. The lowest BCUT2D eigenvalue weighted by atomic mass is 9.47. The van der Waals surface area contributed by atoms with Gasteiger partial charge >= 0.3 is 6.41 Å². The third kappa shape index (κ3) is 4.21. The standard InChI is InChI=1S/C26H31Cl2N2O3/c1-25(2,3)24-20(13-26(24)9-11-30(15-31)12-10-26)32-14-17-22(29-33-23(17)16-7-8-16)21-18(27)5-4-6-19(21)28/h4-6,16,20,24H,7-14H2,1-3H3. The van der Waals surface area contributed by atoms with Gasteiger partial charge in [-0.3, -0.25) is 4.79 Å². The van der Waals surface area contributed by atoms with E-state index in [1.54, 1.807) is 4.90 Å². The second kappa shape index (κ2) is 8.58. The summed E-state index contributed by atoms with van der Waals surface area (Å²) < 4.78 is 12.4. The first-order valence-electron chi connectivity index (χ1n) is 11.9. The van der Waals surface area contributed by atoms with E-state index in [-0.39, 0.29) is 16.9 Å². The lowest BCUT2D eigenvalue weighted by Crippen LogP contribution is -2.61. The van der Waals surface area contributed by atoms with Crippen molar-refractivity contribution in [2.24, 2.45) is 16.7 Å². The molecule has 33 heavy (non-hydrogen) atoms. The number of amides is 1. The summed E-state index contributed by atoms with van der Waals surface area (Å²) in [5.74, 6) is 1.74. The molecular weight excluding hydrogens is 459 g/mol. The van der Waals surface area contributed by atoms with Crippen LogP contribution in [-0.2, 0) is 16.1 Å². The van der Waals surface area contributed by atoms with Crippen molar-refractivity contribution >= 4 is 29.6 Å². The summed E-state index contributed by atoms with van der Waals surface area (Å²) in [6, 6.07) is 5.49. The minimum atomic E-state index is 0.110. The Morgan fingerprint density at radius 2 is 1.88 bits per heavy atom. The molecule has 0 N–H and O–H groups in total. The van der Waals surface area contributed by atoms with Gasteiger partial charge in [0.2, 0.25) is 0 Å². The average molecular weight is 490 g/mol. The fourth-order valence-corrected chi connectivity index (χ4v) is 6.88. The smallest absolute Gasteiger partial charge is 0.312 e. The number of likely N-dealkylation sites (tertiary alicyclic amines) is 1. The molecule has 5 rings (SSSR count). The minimum Gasteiger partial charge on any atom is -0.373 e. The molecule has 3 fully saturated rings. The number of aromatic nitrogens is 1. The van der Waals surface area contributed by atoms with Gasteiger partial charge in [0.15, 0.2) is 0 Å². The van der Waals surface area contributed by atoms with Crippen LogP contribution in [0.5, 0.6) is 0 Å². The molecule has 1 spiro atoms. The van der Waals surface area contributed by atoms with Crippen LogP contribution in [0.1, 0.15) is 70.1 Å². The summed E-state index contributed by atoms with van der Waals surface area (Å²) in [4.78, 5) is 12.9. The zero-order chi connectivity index (χ0) is 23.4. The van der Waals surface area contributed by atoms with Gasteiger partial charge in [-0.15, -0.1) is 0 Å². The largest absolute Gasteiger partial charge is 0.373 e. The maximum atomic E-state index is 11.1. The van der Waals surface area contributed by atoms with Crippen molar-refractivity contribution in [3.05, 3.63) is 39.6 Å². The van der Waals surface area contributed by atoms with E-state index in [1.165, 1.54) is 0 Å². The van der Waals surface area contributed by atoms with E-state index in [1.807, 2.05) is 18.2 Å². The van der Waals surface area contributed by atoms with E-state index in [0.29, 0.717) is 39.7 Å². The van der Waals surface area contributed by atoms with E-state index >= 15 is 0 Å². The zero-order valence-corrected chi connectivity index (χ0v) is 21.0. The summed E-state index contributed by atoms with van der Waals surface area (Å²) in [6.45, 7) is 8.92. The second-order valence-corrected chi connectivity index (χ2v) is 11.9. The Morgan fingerprint density at radius 1 is 1.21 bits per heavy atom. The molecule has 1 saturated heterocycles. The molecular formula is C26H31Cl2N2O3. The third-order valence-corrected chi connectivity index (χ3v) is 8.50. The first-order valence-corrected chi connectivity index (χ1v) is 12.7. The van der Waals surface area contributed by atoms with E-state index in [4.69, 9.17) is 32.5 Å². The van der Waals surface area contributed by atoms with Crippen molar-refractivity contribution in [2.45, 2.75) is 71.5 Å². The highest BCUT2D eigenvalue weighted by Gasteiger charge is 2.59. The third-order valence-electron chi connectivity index (χ3n) is 7.87. The lowest BCUT2D eigenvalue weighted by Gasteiger charge is -2.62. The number of rotatable bonds is 6. The van der Waals surface area contributed by atoms with Crippen LogP contribution in [0.25, 0.3) is 11.3 Å². The summed E-state index contributed by atoms with van der Waals surface area (Å²) >= 11 is 13.0. The molecule has 2 atom stereocenters. The van der Waals surface area contributed by atoms with Crippen molar-refractivity contribution in [3.63, 3.8) is 0 Å². The van der Waals surface area contributed by atoms with Crippen LogP contribution in [0, 0.1) is 16.7 Å². The van der Waals surface area contributed by atoms with Crippen molar-refractivity contribution in [1.82, 2.24) is 10.1 Å². The number of hydrogen-bond acceptors (Lipinski definition) is 4. The summed E-state index contributed by atoms with van der Waals surface area (Å²) in [6.07, 6.45) is 7.51. The van der Waals surface area contributed by atoms with Crippen LogP contribution in [0.3, 0.4) is 0 Å². The lowest BCUT2D eigenvalue weighted by molar-refractivity contribution is -0.202. The normalized spacial score (nSPS) is 24.7. The van der Waals surface area contributed by atoms with Gasteiger partial charge < -0.3 is 14.2 Å². The van der Waals surface area contributed by atoms with Gasteiger partial charge in [0.1, 0.15) is 11.5 Å². The van der Waals surface area contributed by atoms with Gasteiger partial charge in [-0.1, -0.05) is 55.2 Å². The molecule has 1 aliphatic heterocycles. The molecule has 1 aromatic carbocycles. The number of ether oxygens (including phenoxy) is 1. The molecule has 0 bridgehead atoms. The Hall–Kier alpha value is -1.56. The minimum absolute atomic E-state index is 0.110. The molecule has 2 saturated carbocycles. The molecule has 2 aromatic rings. The van der Waals surface area contributed by atoms with Crippen LogP contribution < -0.4 is 0 Å². The molecule has 5 nitrogen and oxygen atoms in total. The SMILES string of the molecule is CC(C)(C)C1C(OCc2c(-c3c(Cl)cccc3Cl)noc2C2CC2)CC12CCN([C]=O)CC2. The van der Waals surface area contributed by atoms with Gasteiger partial charge in [-0.2, -0.15) is 0 Å². The van der Waals surface area contributed by atoms with Crippen molar-refractivity contribution < 1.29 is 14.1 Å². The van der Waals surface area contributed by atoms with E-state index in [2.05, 4.69) is 32.3 Å². The highest BCUT2D eigenvalue weighted by Crippen LogP contribution is 2.61. The van der Waals surface area contributed by atoms with Crippen LogP contribution in [0.15, 0.2) is 22.7 Å². The van der Waals surface area contributed by atoms with E-state index < -0.39 is 0 Å². The Labute approximate surface area is 205 Å². The highest BCUT2D eigenvalue weighted by molar-refractivity contribution is 6.39. The fourth-order valence-electron chi connectivity index (χ4n) is 6.31. The van der Waals surface area contributed by atoms with Crippen LogP contribution in [-0.4, -0.2) is 35.7 Å². The molecule has 2 aliphatic carbocycles. The zero-order valence-electron chi connectivity index (χ0n) is 19.5.